The number of aryl methyl sites for hydroxylation is 2. The van der Waals surface area contributed by atoms with E-state index in [9.17, 15) is 9.59 Å². The topological polar surface area (TPSA) is 54.3 Å². The zero-order chi connectivity index (χ0) is 20.1. The van der Waals surface area contributed by atoms with Crippen LogP contribution in [0.2, 0.25) is 0 Å². The Bertz CT molecular complexity index is 854. The van der Waals surface area contributed by atoms with Crippen molar-refractivity contribution in [2.75, 3.05) is 19.6 Å². The van der Waals surface area contributed by atoms with E-state index in [2.05, 4.69) is 28.9 Å². The first-order chi connectivity index (χ1) is 13.5. The molecule has 1 saturated heterocycles. The summed E-state index contributed by atoms with van der Waals surface area (Å²) in [6.45, 7) is 8.26. The molecule has 0 bridgehead atoms. The SMILES string of the molecule is Cc1ccccc1-n1c(C)cc(C(=O)NCCCN2CCCCCC2=O)c1C. The third-order valence-electron chi connectivity index (χ3n) is 5.59. The third-order valence-corrected chi connectivity index (χ3v) is 5.59. The number of amides is 2. The summed E-state index contributed by atoms with van der Waals surface area (Å²) in [6, 6.07) is 10.2. The molecule has 0 radical (unpaired) electrons. The molecule has 1 N–H and O–H groups in total. The van der Waals surface area contributed by atoms with Crippen molar-refractivity contribution in [2.24, 2.45) is 0 Å². The van der Waals surface area contributed by atoms with Crippen molar-refractivity contribution >= 4 is 11.8 Å². The van der Waals surface area contributed by atoms with Crippen LogP contribution in [-0.4, -0.2) is 40.9 Å². The monoisotopic (exact) mass is 381 g/mol. The van der Waals surface area contributed by atoms with Gasteiger partial charge in [-0.2, -0.15) is 0 Å². The summed E-state index contributed by atoms with van der Waals surface area (Å²) < 4.78 is 2.14. The average Bonchev–Trinajstić information content (AvgIpc) is 2.83. The lowest BCUT2D eigenvalue weighted by atomic mass is 10.2. The number of likely N-dealkylation sites (tertiary alicyclic amines) is 1. The van der Waals surface area contributed by atoms with Gasteiger partial charge in [0.1, 0.15) is 0 Å². The first-order valence-corrected chi connectivity index (χ1v) is 10.3. The lowest BCUT2D eigenvalue weighted by Gasteiger charge is -2.20. The second-order valence-electron chi connectivity index (χ2n) is 7.71. The molecular weight excluding hydrogens is 350 g/mol. The zero-order valence-electron chi connectivity index (χ0n) is 17.3. The number of carbonyl (C=O) groups is 2. The highest BCUT2D eigenvalue weighted by molar-refractivity contribution is 5.96. The van der Waals surface area contributed by atoms with Crippen molar-refractivity contribution in [3.05, 3.63) is 52.8 Å². The minimum atomic E-state index is -0.0462. The lowest BCUT2D eigenvalue weighted by molar-refractivity contribution is -0.130. The van der Waals surface area contributed by atoms with Gasteiger partial charge < -0.3 is 14.8 Å². The fraction of sp³-hybridized carbons (Fsp3) is 0.478. The van der Waals surface area contributed by atoms with Gasteiger partial charge in [0.05, 0.1) is 5.56 Å². The van der Waals surface area contributed by atoms with Gasteiger partial charge in [0.15, 0.2) is 0 Å². The van der Waals surface area contributed by atoms with Crippen molar-refractivity contribution < 1.29 is 9.59 Å². The highest BCUT2D eigenvalue weighted by Gasteiger charge is 2.18. The first kappa shape index (κ1) is 20.2. The van der Waals surface area contributed by atoms with E-state index in [-0.39, 0.29) is 11.8 Å². The van der Waals surface area contributed by atoms with Crippen LogP contribution in [0.3, 0.4) is 0 Å². The van der Waals surface area contributed by atoms with Crippen molar-refractivity contribution in [2.45, 2.75) is 52.9 Å². The molecule has 2 aromatic rings. The molecule has 1 aliphatic heterocycles. The molecule has 0 aliphatic carbocycles. The van der Waals surface area contributed by atoms with Gasteiger partial charge in [0.25, 0.3) is 5.91 Å². The van der Waals surface area contributed by atoms with Gasteiger partial charge in [-0.15, -0.1) is 0 Å². The van der Waals surface area contributed by atoms with Gasteiger partial charge in [-0.3, -0.25) is 9.59 Å². The van der Waals surface area contributed by atoms with E-state index in [1.54, 1.807) is 0 Å². The molecule has 1 fully saturated rings. The van der Waals surface area contributed by atoms with Gasteiger partial charge in [-0.25, -0.2) is 0 Å². The number of nitrogens with one attached hydrogen (secondary N) is 1. The molecule has 1 aromatic heterocycles. The molecule has 0 spiro atoms. The predicted molar refractivity (Wildman–Crippen MR) is 112 cm³/mol. The lowest BCUT2D eigenvalue weighted by Crippen LogP contribution is -2.34. The van der Waals surface area contributed by atoms with Gasteiger partial charge >= 0.3 is 0 Å². The number of rotatable bonds is 6. The summed E-state index contributed by atoms with van der Waals surface area (Å²) in [7, 11) is 0. The van der Waals surface area contributed by atoms with E-state index in [0.717, 1.165) is 55.8 Å². The normalized spacial score (nSPS) is 14.8. The maximum Gasteiger partial charge on any atom is 0.253 e. The summed E-state index contributed by atoms with van der Waals surface area (Å²) in [5.41, 5.74) is 5.00. The van der Waals surface area contributed by atoms with Gasteiger partial charge in [-0.1, -0.05) is 24.6 Å². The third kappa shape index (κ3) is 4.46. The highest BCUT2D eigenvalue weighted by Crippen LogP contribution is 2.23. The van der Waals surface area contributed by atoms with Crippen molar-refractivity contribution in [1.82, 2.24) is 14.8 Å². The number of aromatic nitrogens is 1. The first-order valence-electron chi connectivity index (χ1n) is 10.3. The average molecular weight is 382 g/mol. The fourth-order valence-electron chi connectivity index (χ4n) is 4.02. The minimum absolute atomic E-state index is 0.0462. The minimum Gasteiger partial charge on any atom is -0.352 e. The van der Waals surface area contributed by atoms with E-state index in [1.807, 2.05) is 36.9 Å². The molecule has 0 unspecified atom stereocenters. The summed E-state index contributed by atoms with van der Waals surface area (Å²) in [6.07, 6.45) is 4.67. The van der Waals surface area contributed by atoms with Crippen LogP contribution in [0.5, 0.6) is 0 Å². The van der Waals surface area contributed by atoms with Crippen LogP contribution in [0.1, 0.15) is 59.4 Å². The summed E-state index contributed by atoms with van der Waals surface area (Å²) in [5.74, 6) is 0.209. The van der Waals surface area contributed by atoms with Crippen molar-refractivity contribution in [1.29, 1.82) is 0 Å². The Balaban J connectivity index is 1.60. The maximum atomic E-state index is 12.7. The standard InChI is InChI=1S/C23H31N3O2/c1-17-10-6-7-11-21(17)26-18(2)16-20(19(26)3)23(28)24-13-9-15-25-14-8-4-5-12-22(25)27/h6-7,10-11,16H,4-5,8-9,12-15H2,1-3H3,(H,24,28). The Morgan fingerprint density at radius 2 is 1.89 bits per heavy atom. The Labute approximate surface area is 167 Å². The molecule has 5 heteroatoms. The van der Waals surface area contributed by atoms with E-state index >= 15 is 0 Å². The fourth-order valence-corrected chi connectivity index (χ4v) is 4.02. The predicted octanol–water partition coefficient (Wildman–Crippen LogP) is 3.93. The molecule has 0 saturated carbocycles. The van der Waals surface area contributed by atoms with Crippen LogP contribution in [0.15, 0.2) is 30.3 Å². The number of hydrogen-bond donors (Lipinski definition) is 1. The Kier molecular flexibility index (Phi) is 6.55. The number of benzene rings is 1. The van der Waals surface area contributed by atoms with Crippen LogP contribution in [-0.2, 0) is 4.79 Å². The highest BCUT2D eigenvalue weighted by atomic mass is 16.2. The van der Waals surface area contributed by atoms with E-state index in [1.165, 1.54) is 5.56 Å². The van der Waals surface area contributed by atoms with E-state index < -0.39 is 0 Å². The van der Waals surface area contributed by atoms with E-state index in [0.29, 0.717) is 18.5 Å². The molecule has 28 heavy (non-hydrogen) atoms. The molecule has 0 atom stereocenters. The number of para-hydroxylation sites is 1. The number of carbonyl (C=O) groups excluding carboxylic acids is 2. The summed E-state index contributed by atoms with van der Waals surface area (Å²) in [4.78, 5) is 26.7. The molecular formula is C23H31N3O2. The Hall–Kier alpha value is -2.56. The molecule has 3 rings (SSSR count). The quantitative estimate of drug-likeness (QED) is 0.771. The van der Waals surface area contributed by atoms with Crippen molar-refractivity contribution in [3.8, 4) is 5.69 Å². The Morgan fingerprint density at radius 1 is 1.11 bits per heavy atom. The number of nitrogens with zero attached hydrogens (tertiary/aromatic N) is 2. The van der Waals surface area contributed by atoms with Crippen LogP contribution in [0, 0.1) is 20.8 Å². The smallest absolute Gasteiger partial charge is 0.253 e. The van der Waals surface area contributed by atoms with Crippen LogP contribution >= 0.6 is 0 Å². The summed E-state index contributed by atoms with van der Waals surface area (Å²) >= 11 is 0. The molecule has 1 aliphatic rings. The Morgan fingerprint density at radius 3 is 2.68 bits per heavy atom. The van der Waals surface area contributed by atoms with Crippen LogP contribution < -0.4 is 5.32 Å². The van der Waals surface area contributed by atoms with Gasteiger partial charge in [-0.05, 0) is 57.7 Å². The largest absolute Gasteiger partial charge is 0.352 e. The molecule has 5 nitrogen and oxygen atoms in total. The van der Waals surface area contributed by atoms with Crippen LogP contribution in [0.4, 0.5) is 0 Å². The molecule has 150 valence electrons. The maximum absolute atomic E-state index is 12.7. The second kappa shape index (κ2) is 9.09. The molecule has 2 amide bonds. The summed E-state index contributed by atoms with van der Waals surface area (Å²) in [5, 5.41) is 3.03. The zero-order valence-corrected chi connectivity index (χ0v) is 17.3. The molecule has 2 heterocycles. The van der Waals surface area contributed by atoms with Crippen LogP contribution in [0.25, 0.3) is 5.69 Å². The van der Waals surface area contributed by atoms with Crippen molar-refractivity contribution in [3.63, 3.8) is 0 Å². The molecule has 1 aromatic carbocycles. The van der Waals surface area contributed by atoms with Gasteiger partial charge in [0, 0.05) is 43.1 Å². The van der Waals surface area contributed by atoms with E-state index in [4.69, 9.17) is 0 Å². The number of hydrogen-bond acceptors (Lipinski definition) is 2. The van der Waals surface area contributed by atoms with Gasteiger partial charge in [0.2, 0.25) is 5.91 Å². The second-order valence-corrected chi connectivity index (χ2v) is 7.71.